The number of nitrogens with zero attached hydrogens (tertiary/aromatic N) is 2. The minimum atomic E-state index is -0.115. The van der Waals surface area contributed by atoms with Crippen LogP contribution in [0.1, 0.15) is 26.6 Å². The first kappa shape index (κ1) is 15.6. The molecule has 7 heteroatoms. The van der Waals surface area contributed by atoms with Gasteiger partial charge in [0.1, 0.15) is 18.1 Å². The maximum atomic E-state index is 12.2. The quantitative estimate of drug-likeness (QED) is 0.743. The molecule has 0 radical (unpaired) electrons. The van der Waals surface area contributed by atoms with Crippen molar-refractivity contribution in [1.82, 2.24) is 14.1 Å². The van der Waals surface area contributed by atoms with Crippen molar-refractivity contribution in [3.63, 3.8) is 0 Å². The van der Waals surface area contributed by atoms with Crippen molar-refractivity contribution >= 4 is 29.0 Å². The summed E-state index contributed by atoms with van der Waals surface area (Å²) < 4.78 is 14.0. The summed E-state index contributed by atoms with van der Waals surface area (Å²) in [6, 6.07) is 11.1. The standard InChI is InChI=1S/C16H15N3O2S2/c1-11-15(19-23-18-11)10-21-13-5-2-4-12(8-13)16(20)17-9-14-6-3-7-22-14/h2-8H,9-10H2,1H3,(H,17,20). The van der Waals surface area contributed by atoms with Crippen LogP contribution in [0, 0.1) is 6.92 Å². The number of hydrogen-bond donors (Lipinski definition) is 1. The molecule has 0 aliphatic rings. The van der Waals surface area contributed by atoms with Crippen LogP contribution >= 0.6 is 23.1 Å². The lowest BCUT2D eigenvalue weighted by Gasteiger charge is -2.08. The van der Waals surface area contributed by atoms with E-state index in [1.165, 1.54) is 11.7 Å². The molecule has 0 saturated heterocycles. The third-order valence-electron chi connectivity index (χ3n) is 3.22. The van der Waals surface area contributed by atoms with Crippen LogP contribution in [0.3, 0.4) is 0 Å². The van der Waals surface area contributed by atoms with E-state index in [9.17, 15) is 4.79 Å². The van der Waals surface area contributed by atoms with Gasteiger partial charge in [0, 0.05) is 10.4 Å². The number of amides is 1. The molecule has 0 unspecified atom stereocenters. The minimum Gasteiger partial charge on any atom is -0.487 e. The monoisotopic (exact) mass is 345 g/mol. The first-order chi connectivity index (χ1) is 11.2. The van der Waals surface area contributed by atoms with E-state index in [2.05, 4.69) is 14.1 Å². The Labute approximate surface area is 142 Å². The van der Waals surface area contributed by atoms with Gasteiger partial charge in [0.05, 0.1) is 24.0 Å². The van der Waals surface area contributed by atoms with Crippen LogP contribution in [0.25, 0.3) is 0 Å². The van der Waals surface area contributed by atoms with Gasteiger partial charge in [0.25, 0.3) is 5.91 Å². The average Bonchev–Trinajstić information content (AvgIpc) is 3.22. The number of thiophene rings is 1. The van der Waals surface area contributed by atoms with Gasteiger partial charge in [-0.15, -0.1) is 11.3 Å². The third-order valence-corrected chi connectivity index (χ3v) is 4.76. The molecule has 3 rings (SSSR count). The van der Waals surface area contributed by atoms with E-state index in [0.717, 1.165) is 16.3 Å². The van der Waals surface area contributed by atoms with Crippen molar-refractivity contribution in [2.45, 2.75) is 20.1 Å². The maximum absolute atomic E-state index is 12.2. The summed E-state index contributed by atoms with van der Waals surface area (Å²) in [4.78, 5) is 13.3. The molecule has 0 spiro atoms. The van der Waals surface area contributed by atoms with Gasteiger partial charge < -0.3 is 10.1 Å². The van der Waals surface area contributed by atoms with Crippen LogP contribution in [-0.2, 0) is 13.2 Å². The number of ether oxygens (including phenoxy) is 1. The number of carbonyl (C=O) groups is 1. The molecule has 0 saturated carbocycles. The summed E-state index contributed by atoms with van der Waals surface area (Å²) >= 11 is 2.79. The summed E-state index contributed by atoms with van der Waals surface area (Å²) in [5.41, 5.74) is 2.27. The number of hydrogen-bond acceptors (Lipinski definition) is 6. The fraction of sp³-hybridized carbons (Fsp3) is 0.188. The topological polar surface area (TPSA) is 64.1 Å². The number of nitrogens with one attached hydrogen (secondary N) is 1. The van der Waals surface area contributed by atoms with E-state index in [4.69, 9.17) is 4.74 Å². The second-order valence-corrected chi connectivity index (χ2v) is 6.44. The molecular weight excluding hydrogens is 330 g/mol. The van der Waals surface area contributed by atoms with Gasteiger partial charge in [-0.25, -0.2) is 0 Å². The minimum absolute atomic E-state index is 0.115. The van der Waals surface area contributed by atoms with E-state index >= 15 is 0 Å². The fourth-order valence-corrected chi connectivity index (χ4v) is 3.14. The fourth-order valence-electron chi connectivity index (χ4n) is 1.94. The lowest BCUT2D eigenvalue weighted by Crippen LogP contribution is -2.22. The zero-order chi connectivity index (χ0) is 16.1. The summed E-state index contributed by atoms with van der Waals surface area (Å²) in [6.07, 6.45) is 0. The molecule has 2 aromatic heterocycles. The molecular formula is C16H15N3O2S2. The highest BCUT2D eigenvalue weighted by Crippen LogP contribution is 2.16. The summed E-state index contributed by atoms with van der Waals surface area (Å²) in [6.45, 7) is 2.78. The van der Waals surface area contributed by atoms with Gasteiger partial charge in [0.15, 0.2) is 0 Å². The van der Waals surface area contributed by atoms with Gasteiger partial charge in [-0.2, -0.15) is 8.75 Å². The average molecular weight is 345 g/mol. The van der Waals surface area contributed by atoms with Crippen LogP contribution in [0.5, 0.6) is 5.75 Å². The van der Waals surface area contributed by atoms with Gasteiger partial charge in [0.2, 0.25) is 0 Å². The van der Waals surface area contributed by atoms with Crippen molar-refractivity contribution in [2.24, 2.45) is 0 Å². The Morgan fingerprint density at radius 1 is 1.26 bits per heavy atom. The highest BCUT2D eigenvalue weighted by molar-refractivity contribution is 7.09. The molecule has 118 valence electrons. The van der Waals surface area contributed by atoms with Crippen LogP contribution in [0.2, 0.25) is 0 Å². The molecule has 0 aliphatic heterocycles. The van der Waals surface area contributed by atoms with Gasteiger partial charge in [-0.3, -0.25) is 4.79 Å². The molecule has 3 aromatic rings. The number of carbonyl (C=O) groups excluding carboxylic acids is 1. The summed E-state index contributed by atoms with van der Waals surface area (Å²) in [5.74, 6) is 0.525. The first-order valence-corrected chi connectivity index (χ1v) is 8.65. The Morgan fingerprint density at radius 3 is 2.91 bits per heavy atom. The van der Waals surface area contributed by atoms with Gasteiger partial charge in [-0.1, -0.05) is 12.1 Å². The molecule has 1 amide bonds. The number of rotatable bonds is 6. The molecule has 1 N–H and O–H groups in total. The van der Waals surface area contributed by atoms with Crippen molar-refractivity contribution < 1.29 is 9.53 Å². The SMILES string of the molecule is Cc1nsnc1COc1cccc(C(=O)NCc2cccs2)c1. The summed E-state index contributed by atoms with van der Waals surface area (Å²) in [7, 11) is 0. The molecule has 0 atom stereocenters. The first-order valence-electron chi connectivity index (χ1n) is 7.04. The van der Waals surface area contributed by atoms with Crippen molar-refractivity contribution in [1.29, 1.82) is 0 Å². The van der Waals surface area contributed by atoms with E-state index in [-0.39, 0.29) is 5.91 Å². The smallest absolute Gasteiger partial charge is 0.251 e. The van der Waals surface area contributed by atoms with Crippen molar-refractivity contribution in [2.75, 3.05) is 0 Å². The molecule has 23 heavy (non-hydrogen) atoms. The molecule has 2 heterocycles. The van der Waals surface area contributed by atoms with Crippen LogP contribution in [0.4, 0.5) is 0 Å². The Bertz CT molecular complexity index is 784. The molecule has 0 bridgehead atoms. The highest BCUT2D eigenvalue weighted by Gasteiger charge is 2.08. The van der Waals surface area contributed by atoms with Crippen molar-refractivity contribution in [3.8, 4) is 5.75 Å². The molecule has 5 nitrogen and oxygen atoms in total. The predicted octanol–water partition coefficient (Wildman–Crippen LogP) is 3.42. The Kier molecular flexibility index (Phi) is 4.99. The van der Waals surface area contributed by atoms with Crippen LogP contribution in [0.15, 0.2) is 41.8 Å². The Morgan fingerprint density at radius 2 is 2.17 bits per heavy atom. The Balaban J connectivity index is 1.60. The number of aryl methyl sites for hydroxylation is 1. The number of aromatic nitrogens is 2. The van der Waals surface area contributed by atoms with Gasteiger partial charge >= 0.3 is 0 Å². The molecule has 1 aromatic carbocycles. The van der Waals surface area contributed by atoms with Gasteiger partial charge in [-0.05, 0) is 36.6 Å². The van der Waals surface area contributed by atoms with E-state index < -0.39 is 0 Å². The zero-order valence-electron chi connectivity index (χ0n) is 12.5. The predicted molar refractivity (Wildman–Crippen MR) is 90.9 cm³/mol. The second-order valence-electron chi connectivity index (χ2n) is 4.87. The molecule has 0 aliphatic carbocycles. The second kappa shape index (κ2) is 7.34. The van der Waals surface area contributed by atoms with E-state index in [0.29, 0.717) is 24.5 Å². The third kappa shape index (κ3) is 4.14. The Hall–Kier alpha value is -2.25. The largest absolute Gasteiger partial charge is 0.487 e. The van der Waals surface area contributed by atoms with E-state index in [1.807, 2.05) is 36.6 Å². The normalized spacial score (nSPS) is 10.5. The molecule has 0 fully saturated rings. The highest BCUT2D eigenvalue weighted by atomic mass is 32.1. The van der Waals surface area contributed by atoms with Crippen LogP contribution < -0.4 is 10.1 Å². The van der Waals surface area contributed by atoms with E-state index in [1.54, 1.807) is 23.5 Å². The number of benzene rings is 1. The van der Waals surface area contributed by atoms with Crippen molar-refractivity contribution in [3.05, 3.63) is 63.6 Å². The van der Waals surface area contributed by atoms with Crippen LogP contribution in [-0.4, -0.2) is 14.7 Å². The summed E-state index contributed by atoms with van der Waals surface area (Å²) in [5, 5.41) is 4.89. The lowest BCUT2D eigenvalue weighted by molar-refractivity contribution is 0.0951. The maximum Gasteiger partial charge on any atom is 0.251 e. The zero-order valence-corrected chi connectivity index (χ0v) is 14.1. The lowest BCUT2D eigenvalue weighted by atomic mass is 10.2.